The fourth-order valence-corrected chi connectivity index (χ4v) is 2.91. The van der Waals surface area contributed by atoms with Crippen LogP contribution < -0.4 is 5.32 Å². The van der Waals surface area contributed by atoms with Gasteiger partial charge in [-0.05, 0) is 25.7 Å². The first-order valence-electron chi connectivity index (χ1n) is 11.6. The van der Waals surface area contributed by atoms with E-state index in [0.29, 0.717) is 71.9 Å². The number of nitrogens with one attached hydrogen (secondary N) is 1. The Labute approximate surface area is 187 Å². The van der Waals surface area contributed by atoms with Gasteiger partial charge in [-0.15, -0.1) is 0 Å². The molecule has 8 nitrogen and oxygen atoms in total. The first-order valence-corrected chi connectivity index (χ1v) is 11.6. The molecule has 8 heteroatoms. The number of hydrogen-bond acceptors (Lipinski definition) is 6. The van der Waals surface area contributed by atoms with Gasteiger partial charge in [0.2, 0.25) is 5.91 Å². The highest BCUT2D eigenvalue weighted by atomic mass is 16.5. The summed E-state index contributed by atoms with van der Waals surface area (Å²) in [6, 6.07) is 0. The number of amides is 1. The monoisotopic (exact) mass is 445 g/mol. The van der Waals surface area contributed by atoms with E-state index in [1.54, 1.807) is 0 Å². The van der Waals surface area contributed by atoms with Crippen molar-refractivity contribution in [3.63, 3.8) is 0 Å². The first kappa shape index (κ1) is 29.5. The first-order chi connectivity index (χ1) is 14.9. The summed E-state index contributed by atoms with van der Waals surface area (Å²) in [6.07, 6.45) is 8.08. The molecular weight excluding hydrogens is 402 g/mol. The Kier molecular flexibility index (Phi) is 19.4. The average Bonchev–Trinajstić information content (AvgIpc) is 2.73. The summed E-state index contributed by atoms with van der Waals surface area (Å²) >= 11 is 0. The number of carbonyl (C=O) groups is 3. The number of carboxylic acids is 1. The van der Waals surface area contributed by atoms with Crippen molar-refractivity contribution in [2.45, 2.75) is 78.1 Å². The molecular formula is C23H43NO7. The Morgan fingerprint density at radius 3 is 2.13 bits per heavy atom. The zero-order valence-corrected chi connectivity index (χ0v) is 19.5. The van der Waals surface area contributed by atoms with Crippen molar-refractivity contribution >= 4 is 18.2 Å². The number of unbranched alkanes of at least 4 members (excludes halogenated alkanes) is 5. The number of aliphatic carboxylic acids is 1. The number of rotatable bonds is 23. The molecule has 0 rings (SSSR count). The molecule has 1 amide bonds. The SMILES string of the molecule is CCCOCC(C)(COCCCC=O)COCCC(=O)NCCCCCCCC(=O)O. The van der Waals surface area contributed by atoms with E-state index in [1.165, 1.54) is 0 Å². The Morgan fingerprint density at radius 2 is 1.48 bits per heavy atom. The lowest BCUT2D eigenvalue weighted by molar-refractivity contribution is -0.137. The molecule has 2 N–H and O–H groups in total. The van der Waals surface area contributed by atoms with E-state index in [9.17, 15) is 14.4 Å². The molecule has 31 heavy (non-hydrogen) atoms. The van der Waals surface area contributed by atoms with Crippen LogP contribution in [-0.4, -0.2) is 69.5 Å². The second-order valence-corrected chi connectivity index (χ2v) is 8.29. The molecule has 0 heterocycles. The number of hydrogen-bond donors (Lipinski definition) is 2. The summed E-state index contributed by atoms with van der Waals surface area (Å²) in [5.74, 6) is -0.773. The van der Waals surface area contributed by atoms with Crippen LogP contribution in [0.4, 0.5) is 0 Å². The van der Waals surface area contributed by atoms with E-state index < -0.39 is 5.97 Å². The number of carbonyl (C=O) groups excluding carboxylic acids is 2. The summed E-state index contributed by atoms with van der Waals surface area (Å²) in [5, 5.41) is 11.5. The van der Waals surface area contributed by atoms with Crippen LogP contribution in [0.15, 0.2) is 0 Å². The van der Waals surface area contributed by atoms with Gasteiger partial charge < -0.3 is 29.4 Å². The van der Waals surface area contributed by atoms with Crippen LogP contribution in [0.25, 0.3) is 0 Å². The highest BCUT2D eigenvalue weighted by molar-refractivity contribution is 5.75. The Balaban J connectivity index is 3.89. The minimum absolute atomic E-state index is 0.0278. The van der Waals surface area contributed by atoms with Gasteiger partial charge in [0.1, 0.15) is 6.29 Å². The van der Waals surface area contributed by atoms with Crippen LogP contribution in [0.5, 0.6) is 0 Å². The molecule has 0 fully saturated rings. The highest BCUT2D eigenvalue weighted by Crippen LogP contribution is 2.19. The molecule has 0 spiro atoms. The molecule has 1 atom stereocenters. The molecule has 0 radical (unpaired) electrons. The van der Waals surface area contributed by atoms with Crippen molar-refractivity contribution in [2.24, 2.45) is 5.41 Å². The lowest BCUT2D eigenvalue weighted by atomic mass is 9.94. The van der Waals surface area contributed by atoms with E-state index in [1.807, 2.05) is 6.92 Å². The fraction of sp³-hybridized carbons (Fsp3) is 0.870. The summed E-state index contributed by atoms with van der Waals surface area (Å²) in [4.78, 5) is 32.7. The van der Waals surface area contributed by atoms with E-state index >= 15 is 0 Å². The second-order valence-electron chi connectivity index (χ2n) is 8.29. The van der Waals surface area contributed by atoms with Gasteiger partial charge in [0.15, 0.2) is 0 Å². The molecule has 0 saturated carbocycles. The van der Waals surface area contributed by atoms with Gasteiger partial charge >= 0.3 is 5.97 Å². The number of carboxylic acid groups (broad SMARTS) is 1. The van der Waals surface area contributed by atoms with Gasteiger partial charge in [-0.1, -0.05) is 33.1 Å². The van der Waals surface area contributed by atoms with Crippen LogP contribution in [-0.2, 0) is 28.6 Å². The molecule has 1 unspecified atom stereocenters. The molecule has 0 aromatic heterocycles. The fourth-order valence-electron chi connectivity index (χ4n) is 2.91. The zero-order chi connectivity index (χ0) is 23.2. The molecule has 0 aliphatic rings. The molecule has 0 aromatic carbocycles. The summed E-state index contributed by atoms with van der Waals surface area (Å²) < 4.78 is 17.1. The largest absolute Gasteiger partial charge is 0.481 e. The maximum absolute atomic E-state index is 11.9. The predicted octanol–water partition coefficient (Wildman–Crippen LogP) is 3.36. The Morgan fingerprint density at radius 1 is 0.871 bits per heavy atom. The van der Waals surface area contributed by atoms with E-state index in [0.717, 1.165) is 38.4 Å². The predicted molar refractivity (Wildman–Crippen MR) is 119 cm³/mol. The van der Waals surface area contributed by atoms with Crippen molar-refractivity contribution in [3.8, 4) is 0 Å². The normalized spacial score (nSPS) is 13.0. The standard InChI is InChI=1S/C23H43NO7/c1-3-15-29-18-23(2,19-30-16-10-9-14-25)20-31-17-12-21(26)24-13-8-6-4-5-7-11-22(27)28/h14H,3-13,15-20H2,1-2H3,(H,24,26)(H,27,28). The third-order valence-corrected chi connectivity index (χ3v) is 4.67. The zero-order valence-electron chi connectivity index (χ0n) is 19.5. The molecule has 0 aliphatic carbocycles. The summed E-state index contributed by atoms with van der Waals surface area (Å²) in [7, 11) is 0. The lowest BCUT2D eigenvalue weighted by Gasteiger charge is -2.29. The van der Waals surface area contributed by atoms with Gasteiger partial charge in [-0.2, -0.15) is 0 Å². The molecule has 182 valence electrons. The molecule has 0 aliphatic heterocycles. The van der Waals surface area contributed by atoms with E-state index in [4.69, 9.17) is 19.3 Å². The minimum atomic E-state index is -0.745. The molecule has 0 bridgehead atoms. The van der Waals surface area contributed by atoms with Gasteiger partial charge in [-0.3, -0.25) is 9.59 Å². The minimum Gasteiger partial charge on any atom is -0.481 e. The van der Waals surface area contributed by atoms with E-state index in [2.05, 4.69) is 12.2 Å². The van der Waals surface area contributed by atoms with E-state index in [-0.39, 0.29) is 17.7 Å². The topological polar surface area (TPSA) is 111 Å². The van der Waals surface area contributed by atoms with Crippen molar-refractivity contribution < 1.29 is 33.7 Å². The third kappa shape index (κ3) is 20.2. The van der Waals surface area contributed by atoms with Gasteiger partial charge in [0.25, 0.3) is 0 Å². The van der Waals surface area contributed by atoms with Crippen LogP contribution in [0.2, 0.25) is 0 Å². The van der Waals surface area contributed by atoms with Crippen LogP contribution in [0.1, 0.15) is 78.1 Å². The Bertz CT molecular complexity index is 473. The Hall–Kier alpha value is -1.51. The molecule has 0 aromatic rings. The second kappa shape index (κ2) is 20.4. The van der Waals surface area contributed by atoms with Crippen molar-refractivity contribution in [1.29, 1.82) is 0 Å². The number of aldehydes is 1. The summed E-state index contributed by atoms with van der Waals surface area (Å²) in [5.41, 5.74) is -0.298. The van der Waals surface area contributed by atoms with Crippen LogP contribution in [0, 0.1) is 5.41 Å². The van der Waals surface area contributed by atoms with Gasteiger partial charge in [0, 0.05) is 44.4 Å². The lowest BCUT2D eigenvalue weighted by Crippen LogP contribution is -2.35. The smallest absolute Gasteiger partial charge is 0.303 e. The third-order valence-electron chi connectivity index (χ3n) is 4.67. The van der Waals surface area contributed by atoms with Crippen LogP contribution in [0.3, 0.4) is 0 Å². The maximum Gasteiger partial charge on any atom is 0.303 e. The van der Waals surface area contributed by atoms with Crippen molar-refractivity contribution in [1.82, 2.24) is 5.32 Å². The van der Waals surface area contributed by atoms with Crippen molar-refractivity contribution in [3.05, 3.63) is 0 Å². The maximum atomic E-state index is 11.9. The molecule has 0 saturated heterocycles. The quantitative estimate of drug-likeness (QED) is 0.183. The van der Waals surface area contributed by atoms with Gasteiger partial charge in [-0.25, -0.2) is 0 Å². The average molecular weight is 446 g/mol. The summed E-state index contributed by atoms with van der Waals surface area (Å²) in [6.45, 7) is 7.73. The van der Waals surface area contributed by atoms with Crippen LogP contribution >= 0.6 is 0 Å². The van der Waals surface area contributed by atoms with Gasteiger partial charge in [0.05, 0.1) is 26.4 Å². The number of ether oxygens (including phenoxy) is 3. The highest BCUT2D eigenvalue weighted by Gasteiger charge is 2.26. The van der Waals surface area contributed by atoms with Crippen molar-refractivity contribution in [2.75, 3.05) is 46.2 Å².